The van der Waals surface area contributed by atoms with Crippen LogP contribution in [0.1, 0.15) is 162 Å². The summed E-state index contributed by atoms with van der Waals surface area (Å²) in [5.41, 5.74) is 0. The molecule has 9 nitrogen and oxygen atoms in total. The van der Waals surface area contributed by atoms with Crippen molar-refractivity contribution in [3.05, 3.63) is 48.6 Å². The lowest BCUT2D eigenvalue weighted by Crippen LogP contribution is -2.37. The summed E-state index contributed by atoms with van der Waals surface area (Å²) in [7, 11) is 1.14. The van der Waals surface area contributed by atoms with E-state index < -0.39 is 32.5 Å². The smallest absolute Gasteiger partial charge is 0.306 e. The number of phosphoric acid groups is 1. The van der Waals surface area contributed by atoms with Crippen LogP contribution in [-0.2, 0) is 32.7 Å². The third kappa shape index (κ3) is 39.5. The first-order chi connectivity index (χ1) is 25.5. The Morgan fingerprint density at radius 2 is 1.08 bits per heavy atom. The molecule has 2 atom stereocenters. The molecule has 0 aliphatic rings. The number of quaternary nitrogens is 1. The molecule has 0 aliphatic carbocycles. The highest BCUT2D eigenvalue weighted by molar-refractivity contribution is 7.45. The van der Waals surface area contributed by atoms with E-state index in [1.165, 1.54) is 38.5 Å². The molecule has 0 aliphatic heterocycles. The van der Waals surface area contributed by atoms with Crippen LogP contribution >= 0.6 is 7.82 Å². The highest BCUT2D eigenvalue weighted by Crippen LogP contribution is 2.38. The molecule has 0 saturated carbocycles. The summed E-state index contributed by atoms with van der Waals surface area (Å²) in [6.07, 6.45) is 39.9. The van der Waals surface area contributed by atoms with Gasteiger partial charge >= 0.3 is 11.9 Å². The minimum absolute atomic E-state index is 0.0373. The SMILES string of the molecule is CC/C=C/C/C=C/C/C=C/CCCCCCCC(=O)O[C@H](COC(=O)CCCCCCC/C=C/CCCCCCC)COP(=O)([O-])OCC[N+](C)(C)C. The summed E-state index contributed by atoms with van der Waals surface area (Å²) in [6.45, 7) is 4.06. The monoisotopic (exact) mass is 768 g/mol. The largest absolute Gasteiger partial charge is 0.756 e. The first-order valence-corrected chi connectivity index (χ1v) is 22.3. The van der Waals surface area contributed by atoms with Gasteiger partial charge in [-0.25, -0.2) is 0 Å². The minimum Gasteiger partial charge on any atom is -0.756 e. The first-order valence-electron chi connectivity index (χ1n) is 20.8. The fourth-order valence-corrected chi connectivity index (χ4v) is 6.04. The van der Waals surface area contributed by atoms with Crippen molar-refractivity contribution in [1.82, 2.24) is 0 Å². The van der Waals surface area contributed by atoms with Crippen LogP contribution in [0.2, 0.25) is 0 Å². The molecule has 0 amide bonds. The molecule has 53 heavy (non-hydrogen) atoms. The molecule has 0 rings (SSSR count). The molecule has 0 aromatic heterocycles. The zero-order valence-corrected chi connectivity index (χ0v) is 35.3. The maximum Gasteiger partial charge on any atom is 0.306 e. The highest BCUT2D eigenvalue weighted by Gasteiger charge is 2.21. The number of allylic oxidation sites excluding steroid dienone is 8. The number of carbonyl (C=O) groups is 2. The molecule has 0 radical (unpaired) electrons. The second-order valence-corrected chi connectivity index (χ2v) is 16.4. The van der Waals surface area contributed by atoms with E-state index in [0.717, 1.165) is 83.5 Å². The highest BCUT2D eigenvalue weighted by atomic mass is 31.2. The van der Waals surface area contributed by atoms with Gasteiger partial charge in [0.1, 0.15) is 19.8 Å². The number of unbranched alkanes of at least 4 members (excludes halogenated alkanes) is 15. The Bertz CT molecular complexity index is 1050. The van der Waals surface area contributed by atoms with Gasteiger partial charge in [-0.15, -0.1) is 0 Å². The van der Waals surface area contributed by atoms with Crippen molar-refractivity contribution in [3.63, 3.8) is 0 Å². The number of rotatable bonds is 37. The van der Waals surface area contributed by atoms with Crippen molar-refractivity contribution < 1.29 is 42.1 Å². The van der Waals surface area contributed by atoms with Gasteiger partial charge in [-0.2, -0.15) is 0 Å². The fourth-order valence-electron chi connectivity index (χ4n) is 5.31. The predicted octanol–water partition coefficient (Wildman–Crippen LogP) is 10.9. The fraction of sp³-hybridized carbons (Fsp3) is 0.767. The number of hydrogen-bond acceptors (Lipinski definition) is 8. The van der Waals surface area contributed by atoms with Crippen LogP contribution in [0.3, 0.4) is 0 Å². The molecule has 0 fully saturated rings. The van der Waals surface area contributed by atoms with Gasteiger partial charge in [0.2, 0.25) is 0 Å². The molecule has 0 heterocycles. The average molecular weight is 768 g/mol. The van der Waals surface area contributed by atoms with Gasteiger partial charge in [0.15, 0.2) is 6.10 Å². The maximum atomic E-state index is 12.6. The maximum absolute atomic E-state index is 12.6. The van der Waals surface area contributed by atoms with Crippen LogP contribution in [0.5, 0.6) is 0 Å². The Morgan fingerprint density at radius 1 is 0.604 bits per heavy atom. The van der Waals surface area contributed by atoms with Crippen molar-refractivity contribution in [1.29, 1.82) is 0 Å². The summed E-state index contributed by atoms with van der Waals surface area (Å²) >= 11 is 0. The van der Waals surface area contributed by atoms with E-state index >= 15 is 0 Å². The molecule has 0 spiro atoms. The Morgan fingerprint density at radius 3 is 1.62 bits per heavy atom. The number of carbonyl (C=O) groups excluding carboxylic acids is 2. The molecule has 0 saturated heterocycles. The van der Waals surface area contributed by atoms with E-state index in [4.69, 9.17) is 18.5 Å². The lowest BCUT2D eigenvalue weighted by Gasteiger charge is -2.28. The Hall–Kier alpha value is -2.03. The quantitative estimate of drug-likeness (QED) is 0.0202. The van der Waals surface area contributed by atoms with Crippen molar-refractivity contribution in [2.45, 2.75) is 168 Å². The van der Waals surface area contributed by atoms with E-state index in [-0.39, 0.29) is 26.1 Å². The van der Waals surface area contributed by atoms with Crippen LogP contribution in [0, 0.1) is 0 Å². The molecule has 0 aromatic rings. The summed E-state index contributed by atoms with van der Waals surface area (Å²) < 4.78 is 33.8. The zero-order valence-electron chi connectivity index (χ0n) is 34.4. The summed E-state index contributed by atoms with van der Waals surface area (Å²) in [5.74, 6) is -0.868. The Labute approximate surface area is 324 Å². The molecular formula is C43H78NO8P. The van der Waals surface area contributed by atoms with Crippen LogP contribution in [0.15, 0.2) is 48.6 Å². The number of esters is 2. The van der Waals surface area contributed by atoms with Crippen molar-refractivity contribution >= 4 is 19.8 Å². The summed E-state index contributed by atoms with van der Waals surface area (Å²) in [6, 6.07) is 0. The molecule has 0 aromatic carbocycles. The summed E-state index contributed by atoms with van der Waals surface area (Å²) in [4.78, 5) is 37.4. The minimum atomic E-state index is -4.63. The van der Waals surface area contributed by atoms with E-state index in [1.807, 2.05) is 21.1 Å². The number of hydrogen-bond donors (Lipinski definition) is 0. The van der Waals surface area contributed by atoms with Gasteiger partial charge < -0.3 is 27.9 Å². The Kier molecular flexibility index (Phi) is 34.3. The molecule has 0 bridgehead atoms. The molecule has 308 valence electrons. The summed E-state index contributed by atoms with van der Waals surface area (Å²) in [5, 5.41) is 0. The normalized spacial score (nSPS) is 14.2. The molecule has 0 N–H and O–H groups in total. The topological polar surface area (TPSA) is 111 Å². The van der Waals surface area contributed by atoms with E-state index in [2.05, 4.69) is 62.5 Å². The van der Waals surface area contributed by atoms with E-state index in [1.54, 1.807) is 0 Å². The van der Waals surface area contributed by atoms with E-state index in [9.17, 15) is 19.0 Å². The zero-order chi connectivity index (χ0) is 39.3. The second-order valence-electron chi connectivity index (χ2n) is 15.0. The molecular weight excluding hydrogens is 689 g/mol. The van der Waals surface area contributed by atoms with Gasteiger partial charge in [-0.1, -0.05) is 127 Å². The number of likely N-dealkylation sites (N-methyl/N-ethyl adjacent to an activating group) is 1. The first kappa shape index (κ1) is 51.0. The van der Waals surface area contributed by atoms with Crippen molar-refractivity contribution in [2.75, 3.05) is 47.5 Å². The lowest BCUT2D eigenvalue weighted by atomic mass is 10.1. The second kappa shape index (κ2) is 35.7. The number of phosphoric ester groups is 1. The predicted molar refractivity (Wildman–Crippen MR) is 217 cm³/mol. The lowest BCUT2D eigenvalue weighted by molar-refractivity contribution is -0.870. The van der Waals surface area contributed by atoms with Gasteiger partial charge in [-0.3, -0.25) is 14.2 Å². The number of ether oxygens (including phenoxy) is 2. The average Bonchev–Trinajstić information content (AvgIpc) is 3.10. The van der Waals surface area contributed by atoms with Crippen LogP contribution < -0.4 is 4.89 Å². The van der Waals surface area contributed by atoms with Crippen LogP contribution in [-0.4, -0.2) is 70.0 Å². The number of nitrogens with zero attached hydrogens (tertiary/aromatic N) is 1. The van der Waals surface area contributed by atoms with Gasteiger partial charge in [-0.05, 0) is 70.6 Å². The van der Waals surface area contributed by atoms with Crippen LogP contribution in [0.4, 0.5) is 0 Å². The molecule has 10 heteroatoms. The van der Waals surface area contributed by atoms with Gasteiger partial charge in [0, 0.05) is 12.8 Å². The standard InChI is InChI=1S/C43H78NO8P/c1-6-8-10-12-14-16-18-20-22-24-26-28-30-32-34-36-43(46)52-41(40-51-53(47,48)50-38-37-44(3,4)5)39-49-42(45)35-33-31-29-27-25-23-21-19-17-15-13-11-9-7-2/h8,10,14,16,19-22,41H,6-7,9,11-13,15,17-18,23-40H2,1-5H3/b10-8+,16-14+,21-19+,22-20+/t41-/m1/s1. The van der Waals surface area contributed by atoms with Crippen molar-refractivity contribution in [3.8, 4) is 0 Å². The third-order valence-corrected chi connectivity index (χ3v) is 9.55. The molecule has 1 unspecified atom stereocenters. The third-order valence-electron chi connectivity index (χ3n) is 8.58. The van der Waals surface area contributed by atoms with Gasteiger partial charge in [0.25, 0.3) is 7.82 Å². The Balaban J connectivity index is 4.44. The van der Waals surface area contributed by atoms with E-state index in [0.29, 0.717) is 23.9 Å². The van der Waals surface area contributed by atoms with Crippen LogP contribution in [0.25, 0.3) is 0 Å². The van der Waals surface area contributed by atoms with Crippen molar-refractivity contribution in [2.24, 2.45) is 0 Å². The van der Waals surface area contributed by atoms with Gasteiger partial charge in [0.05, 0.1) is 27.7 Å².